The third kappa shape index (κ3) is 4.01. The monoisotopic (exact) mass is 508 g/mol. The lowest BCUT2D eigenvalue weighted by Gasteiger charge is -2.18. The molecule has 3 aromatic heterocycles. The van der Waals surface area contributed by atoms with Gasteiger partial charge in [-0.05, 0) is 30.7 Å². The summed E-state index contributed by atoms with van der Waals surface area (Å²) in [4.78, 5) is 8.89. The van der Waals surface area contributed by atoms with E-state index < -0.39 is 19.9 Å². The lowest BCUT2D eigenvalue weighted by atomic mass is 10.2. The van der Waals surface area contributed by atoms with Crippen LogP contribution in [0.5, 0.6) is 0 Å². The number of benzene rings is 1. The molecule has 4 heterocycles. The van der Waals surface area contributed by atoms with Gasteiger partial charge in [0.2, 0.25) is 10.0 Å². The zero-order chi connectivity index (χ0) is 23.5. The molecule has 1 fully saturated rings. The maximum atomic E-state index is 12.3. The van der Waals surface area contributed by atoms with Crippen molar-refractivity contribution in [3.8, 4) is 0 Å². The first kappa shape index (κ1) is 22.3. The predicted molar refractivity (Wildman–Crippen MR) is 125 cm³/mol. The van der Waals surface area contributed by atoms with E-state index >= 15 is 0 Å². The van der Waals surface area contributed by atoms with Gasteiger partial charge in [0.1, 0.15) is 5.82 Å². The van der Waals surface area contributed by atoms with Crippen molar-refractivity contribution in [1.82, 2.24) is 28.6 Å². The smallest absolute Gasteiger partial charge is 0.211 e. The molecule has 1 aliphatic heterocycles. The molecule has 0 bridgehead atoms. The van der Waals surface area contributed by atoms with Crippen molar-refractivity contribution in [2.75, 3.05) is 25.6 Å². The number of rotatable bonds is 5. The zero-order valence-electron chi connectivity index (χ0n) is 17.9. The van der Waals surface area contributed by atoms with Crippen molar-refractivity contribution < 1.29 is 16.8 Å². The van der Waals surface area contributed by atoms with E-state index in [1.54, 1.807) is 29.1 Å². The largest absolute Gasteiger partial charge is 0.322 e. The number of hydrogen-bond donors (Lipinski definition) is 0. The summed E-state index contributed by atoms with van der Waals surface area (Å²) < 4.78 is 53.8. The van der Waals surface area contributed by atoms with Gasteiger partial charge in [0.25, 0.3) is 0 Å². The van der Waals surface area contributed by atoms with E-state index in [1.807, 2.05) is 10.6 Å². The van der Waals surface area contributed by atoms with Gasteiger partial charge in [-0.15, -0.1) is 0 Å². The fourth-order valence-corrected chi connectivity index (χ4v) is 6.25. The highest BCUT2D eigenvalue weighted by molar-refractivity contribution is 7.90. The van der Waals surface area contributed by atoms with E-state index in [0.717, 1.165) is 11.8 Å². The molecule has 1 saturated heterocycles. The van der Waals surface area contributed by atoms with Crippen LogP contribution in [0.25, 0.3) is 21.9 Å². The summed E-state index contributed by atoms with van der Waals surface area (Å²) in [6.45, 7) is 0.929. The van der Waals surface area contributed by atoms with E-state index in [9.17, 15) is 16.8 Å². The molecule has 0 aliphatic carbocycles. The molecule has 13 heteroatoms. The van der Waals surface area contributed by atoms with Gasteiger partial charge in [-0.25, -0.2) is 26.1 Å². The third-order valence-electron chi connectivity index (χ3n) is 5.85. The molecule has 0 radical (unpaired) electrons. The number of pyridine rings is 1. The fourth-order valence-electron chi connectivity index (χ4n) is 4.38. The summed E-state index contributed by atoms with van der Waals surface area (Å²) in [5, 5.41) is 5.38. The van der Waals surface area contributed by atoms with Crippen molar-refractivity contribution in [2.24, 2.45) is 0 Å². The van der Waals surface area contributed by atoms with Crippen molar-refractivity contribution in [1.29, 1.82) is 0 Å². The second-order valence-corrected chi connectivity index (χ2v) is 12.6. The minimum absolute atomic E-state index is 0.0188. The number of aromatic nitrogens is 5. The van der Waals surface area contributed by atoms with E-state index in [0.29, 0.717) is 46.8 Å². The van der Waals surface area contributed by atoms with E-state index in [4.69, 9.17) is 16.6 Å². The summed E-state index contributed by atoms with van der Waals surface area (Å²) in [7, 11) is -6.87. The molecule has 0 N–H and O–H groups in total. The van der Waals surface area contributed by atoms with Gasteiger partial charge in [0, 0.05) is 36.0 Å². The lowest BCUT2D eigenvalue weighted by molar-refractivity contribution is 0.451. The van der Waals surface area contributed by atoms with Crippen molar-refractivity contribution in [3.63, 3.8) is 0 Å². The molecule has 4 aromatic rings. The van der Waals surface area contributed by atoms with Crippen LogP contribution in [0.4, 0.5) is 0 Å². The van der Waals surface area contributed by atoms with E-state index in [1.165, 1.54) is 16.8 Å². The maximum Gasteiger partial charge on any atom is 0.211 e. The molecular formula is C20H21ClN6O4S2. The Morgan fingerprint density at radius 3 is 2.61 bits per heavy atom. The first-order valence-electron chi connectivity index (χ1n) is 10.1. The van der Waals surface area contributed by atoms with Crippen LogP contribution in [-0.4, -0.2) is 71.1 Å². The van der Waals surface area contributed by atoms with E-state index in [2.05, 4.69) is 10.1 Å². The topological polar surface area (TPSA) is 120 Å². The molecule has 0 spiro atoms. The maximum absolute atomic E-state index is 12.3. The number of sulfone groups is 1. The van der Waals surface area contributed by atoms with Crippen LogP contribution >= 0.6 is 11.6 Å². The molecule has 10 nitrogen and oxygen atoms in total. The van der Waals surface area contributed by atoms with Crippen molar-refractivity contribution in [2.45, 2.75) is 24.0 Å². The van der Waals surface area contributed by atoms with Crippen LogP contribution in [0, 0.1) is 0 Å². The summed E-state index contributed by atoms with van der Waals surface area (Å²) in [6.07, 6.45) is 6.05. The summed E-state index contributed by atoms with van der Waals surface area (Å²) >= 11 is 6.19. The Bertz CT molecular complexity index is 1610. The number of fused-ring (bicyclic) bond motifs is 2. The minimum Gasteiger partial charge on any atom is -0.322 e. The van der Waals surface area contributed by atoms with Crippen molar-refractivity contribution >= 4 is 53.4 Å². The summed E-state index contributed by atoms with van der Waals surface area (Å²) in [5.74, 6) is 0.626. The van der Waals surface area contributed by atoms with Gasteiger partial charge in [-0.1, -0.05) is 11.6 Å². The predicted octanol–water partition coefficient (Wildman–Crippen LogP) is 2.09. The SMILES string of the molecule is CS(=O)(=O)c1nn(Cc2nc3cc(Cl)ccc3n2C2CCN(S(C)(=O)=O)C2)c2cnccc12. The van der Waals surface area contributed by atoms with Crippen LogP contribution in [0.3, 0.4) is 0 Å². The minimum atomic E-state index is -3.56. The van der Waals surface area contributed by atoms with Gasteiger partial charge < -0.3 is 4.57 Å². The molecule has 33 heavy (non-hydrogen) atoms. The molecule has 1 aromatic carbocycles. The molecule has 1 unspecified atom stereocenters. The summed E-state index contributed by atoms with van der Waals surface area (Å²) in [5.41, 5.74) is 2.07. The third-order valence-corrected chi connectivity index (χ3v) is 8.36. The second kappa shape index (κ2) is 7.76. The number of sulfonamides is 1. The highest BCUT2D eigenvalue weighted by Crippen LogP contribution is 2.31. The molecule has 5 rings (SSSR count). The van der Waals surface area contributed by atoms with Gasteiger partial charge in [-0.3, -0.25) is 9.67 Å². The Kier molecular flexibility index (Phi) is 5.23. The molecule has 174 valence electrons. The fraction of sp³-hybridized carbons (Fsp3) is 0.350. The number of nitrogens with zero attached hydrogens (tertiary/aromatic N) is 6. The van der Waals surface area contributed by atoms with Crippen LogP contribution in [-0.2, 0) is 26.4 Å². The van der Waals surface area contributed by atoms with Crippen LogP contribution < -0.4 is 0 Å². The Labute approximate surface area is 195 Å². The molecular weight excluding hydrogens is 488 g/mol. The molecule has 0 amide bonds. The average molecular weight is 509 g/mol. The number of hydrogen-bond acceptors (Lipinski definition) is 7. The highest BCUT2D eigenvalue weighted by atomic mass is 35.5. The Morgan fingerprint density at radius 2 is 1.91 bits per heavy atom. The van der Waals surface area contributed by atoms with Gasteiger partial charge in [-0.2, -0.15) is 5.10 Å². The number of halogens is 1. The normalized spacial score (nSPS) is 18.0. The Morgan fingerprint density at radius 1 is 1.12 bits per heavy atom. The molecule has 1 aliphatic rings. The van der Waals surface area contributed by atoms with Crippen LogP contribution in [0.2, 0.25) is 5.02 Å². The summed E-state index contributed by atoms with van der Waals surface area (Å²) in [6, 6.07) is 6.88. The Hall–Kier alpha value is -2.54. The van der Waals surface area contributed by atoms with Gasteiger partial charge in [0.15, 0.2) is 14.9 Å². The van der Waals surface area contributed by atoms with Crippen LogP contribution in [0.1, 0.15) is 18.3 Å². The number of imidazole rings is 1. The van der Waals surface area contributed by atoms with Crippen LogP contribution in [0.15, 0.2) is 41.7 Å². The first-order valence-corrected chi connectivity index (χ1v) is 14.3. The van der Waals surface area contributed by atoms with Gasteiger partial charge >= 0.3 is 0 Å². The second-order valence-electron chi connectivity index (χ2n) is 8.22. The quantitative estimate of drug-likeness (QED) is 0.404. The highest BCUT2D eigenvalue weighted by Gasteiger charge is 2.32. The lowest BCUT2D eigenvalue weighted by Crippen LogP contribution is -2.28. The molecule has 1 atom stereocenters. The molecule has 0 saturated carbocycles. The van der Waals surface area contributed by atoms with Gasteiger partial charge in [0.05, 0.1) is 41.6 Å². The average Bonchev–Trinajstić information content (AvgIpc) is 3.42. The Balaban J connectivity index is 1.65. The first-order chi connectivity index (χ1) is 15.5. The van der Waals surface area contributed by atoms with E-state index in [-0.39, 0.29) is 17.6 Å². The van der Waals surface area contributed by atoms with Crippen molar-refractivity contribution in [3.05, 3.63) is 47.5 Å². The zero-order valence-corrected chi connectivity index (χ0v) is 20.3. The standard InChI is InChI=1S/C20H21ClN6O4S2/c1-32(28,29)20-15-5-7-22-10-18(15)26(24-20)12-19-23-16-9-13(21)3-4-17(16)27(19)14-6-8-25(11-14)33(2,30)31/h3-5,7,9-10,14H,6,8,11-12H2,1-2H3.